The highest BCUT2D eigenvalue weighted by molar-refractivity contribution is 6.46. The van der Waals surface area contributed by atoms with Crippen LogP contribution in [0.2, 0.25) is 0 Å². The van der Waals surface area contributed by atoms with Gasteiger partial charge >= 0.3 is 5.97 Å². The standard InChI is InChI=1S/C22H33ClO3/c1-3-5-6-7-8-11-14-18-17-20(23)22(25)19(18)15-12-9-10-13-16-21(24)26-4-2/h11,14-15,17-18H,3-10,12-13,16H2,1-2H3/b14-11+,19-15+. The lowest BCUT2D eigenvalue weighted by molar-refractivity contribution is -0.143. The Morgan fingerprint density at radius 2 is 1.85 bits per heavy atom. The van der Waals surface area contributed by atoms with Gasteiger partial charge in [-0.05, 0) is 39.0 Å². The number of hydrogen-bond acceptors (Lipinski definition) is 3. The molecule has 0 aromatic rings. The topological polar surface area (TPSA) is 43.4 Å². The van der Waals surface area contributed by atoms with Crippen molar-refractivity contribution in [1.29, 1.82) is 0 Å². The van der Waals surface area contributed by atoms with E-state index in [1.165, 1.54) is 25.7 Å². The predicted molar refractivity (Wildman–Crippen MR) is 108 cm³/mol. The Morgan fingerprint density at radius 3 is 2.58 bits per heavy atom. The van der Waals surface area contributed by atoms with Crippen LogP contribution in [-0.4, -0.2) is 18.4 Å². The number of esters is 1. The Labute approximate surface area is 163 Å². The molecule has 1 atom stereocenters. The largest absolute Gasteiger partial charge is 0.466 e. The van der Waals surface area contributed by atoms with E-state index < -0.39 is 0 Å². The van der Waals surface area contributed by atoms with E-state index in [0.29, 0.717) is 18.1 Å². The van der Waals surface area contributed by atoms with Gasteiger partial charge in [0.05, 0.1) is 11.6 Å². The van der Waals surface area contributed by atoms with Crippen LogP contribution in [-0.2, 0) is 14.3 Å². The summed E-state index contributed by atoms with van der Waals surface area (Å²) in [7, 11) is 0. The van der Waals surface area contributed by atoms with Gasteiger partial charge in [-0.2, -0.15) is 0 Å². The molecule has 0 amide bonds. The first kappa shape index (κ1) is 22.7. The van der Waals surface area contributed by atoms with Crippen molar-refractivity contribution in [2.75, 3.05) is 6.61 Å². The lowest BCUT2D eigenvalue weighted by atomic mass is 9.98. The van der Waals surface area contributed by atoms with Gasteiger partial charge in [0, 0.05) is 17.9 Å². The summed E-state index contributed by atoms with van der Waals surface area (Å²) >= 11 is 6.05. The van der Waals surface area contributed by atoms with E-state index in [-0.39, 0.29) is 17.7 Å². The summed E-state index contributed by atoms with van der Waals surface area (Å²) in [5.74, 6) is -0.156. The third-order valence-corrected chi connectivity index (χ3v) is 4.78. The molecule has 0 aromatic heterocycles. The molecule has 26 heavy (non-hydrogen) atoms. The zero-order chi connectivity index (χ0) is 19.2. The molecule has 1 rings (SSSR count). The van der Waals surface area contributed by atoms with Gasteiger partial charge in [-0.1, -0.05) is 68.5 Å². The van der Waals surface area contributed by atoms with Crippen molar-refractivity contribution in [1.82, 2.24) is 0 Å². The Morgan fingerprint density at radius 1 is 1.12 bits per heavy atom. The second-order valence-corrected chi connectivity index (χ2v) is 7.12. The minimum atomic E-state index is -0.128. The number of carbonyl (C=O) groups excluding carboxylic acids is 2. The molecule has 0 N–H and O–H groups in total. The Kier molecular flexibility index (Phi) is 12.0. The van der Waals surface area contributed by atoms with Gasteiger partial charge in [-0.25, -0.2) is 0 Å². The quantitative estimate of drug-likeness (QED) is 0.163. The molecule has 3 nitrogen and oxygen atoms in total. The van der Waals surface area contributed by atoms with Crippen LogP contribution < -0.4 is 0 Å². The number of halogens is 1. The number of hydrogen-bond donors (Lipinski definition) is 0. The van der Waals surface area contributed by atoms with Crippen LogP contribution in [0.15, 0.2) is 34.9 Å². The van der Waals surface area contributed by atoms with Crippen LogP contribution in [0.1, 0.15) is 78.1 Å². The number of carbonyl (C=O) groups is 2. The van der Waals surface area contributed by atoms with Gasteiger partial charge in [0.2, 0.25) is 5.78 Å². The van der Waals surface area contributed by atoms with Crippen molar-refractivity contribution in [3.63, 3.8) is 0 Å². The zero-order valence-electron chi connectivity index (χ0n) is 16.3. The van der Waals surface area contributed by atoms with E-state index in [1.54, 1.807) is 0 Å². The highest BCUT2D eigenvalue weighted by Gasteiger charge is 2.26. The van der Waals surface area contributed by atoms with Gasteiger partial charge in [0.15, 0.2) is 0 Å². The first-order valence-electron chi connectivity index (χ1n) is 10.0. The molecule has 0 bridgehead atoms. The molecule has 1 unspecified atom stereocenters. The molecule has 4 heteroatoms. The number of ether oxygens (including phenoxy) is 1. The molecule has 146 valence electrons. The summed E-state index contributed by atoms with van der Waals surface area (Å²) in [6.45, 7) is 4.47. The highest BCUT2D eigenvalue weighted by Crippen LogP contribution is 2.31. The minimum absolute atomic E-state index is 0.0145. The van der Waals surface area contributed by atoms with Gasteiger partial charge < -0.3 is 4.74 Å². The third-order valence-electron chi connectivity index (χ3n) is 4.49. The van der Waals surface area contributed by atoms with Crippen molar-refractivity contribution in [2.45, 2.75) is 78.1 Å². The molecule has 0 fully saturated rings. The third kappa shape index (κ3) is 8.84. The van der Waals surface area contributed by atoms with Crippen molar-refractivity contribution in [3.05, 3.63) is 34.9 Å². The fourth-order valence-corrected chi connectivity index (χ4v) is 3.26. The van der Waals surface area contributed by atoms with Crippen LogP contribution in [0.3, 0.4) is 0 Å². The number of Topliss-reactive ketones (excluding diaryl/α,β-unsaturated/α-hetero) is 1. The molecule has 0 heterocycles. The zero-order valence-corrected chi connectivity index (χ0v) is 17.0. The maximum Gasteiger partial charge on any atom is 0.305 e. The normalized spacial score (nSPS) is 18.7. The first-order valence-corrected chi connectivity index (χ1v) is 10.4. The Balaban J connectivity index is 2.36. The molecule has 0 saturated heterocycles. The van der Waals surface area contributed by atoms with Crippen molar-refractivity contribution in [3.8, 4) is 0 Å². The van der Waals surface area contributed by atoms with Crippen LogP contribution in [0.25, 0.3) is 0 Å². The maximum absolute atomic E-state index is 12.2. The molecule has 1 aliphatic carbocycles. The van der Waals surface area contributed by atoms with E-state index in [2.05, 4.69) is 19.1 Å². The van der Waals surface area contributed by atoms with Gasteiger partial charge in [0.25, 0.3) is 0 Å². The number of unbranched alkanes of at least 4 members (excludes halogenated alkanes) is 7. The van der Waals surface area contributed by atoms with Crippen molar-refractivity contribution < 1.29 is 14.3 Å². The molecule has 0 aliphatic heterocycles. The van der Waals surface area contributed by atoms with E-state index in [0.717, 1.165) is 37.7 Å². The van der Waals surface area contributed by atoms with Crippen LogP contribution >= 0.6 is 11.6 Å². The van der Waals surface area contributed by atoms with E-state index in [1.807, 2.05) is 19.1 Å². The SMILES string of the molecule is CCCCCC/C=C/C1C=C(Cl)C(=O)/C1=C/CCCCCC(=O)OCC. The van der Waals surface area contributed by atoms with Crippen molar-refractivity contribution in [2.24, 2.45) is 5.92 Å². The van der Waals surface area contributed by atoms with Crippen LogP contribution in [0.4, 0.5) is 0 Å². The molecule has 0 saturated carbocycles. The second kappa shape index (κ2) is 13.8. The lowest BCUT2D eigenvalue weighted by Crippen LogP contribution is -2.03. The van der Waals surface area contributed by atoms with Crippen LogP contribution in [0, 0.1) is 5.92 Å². The monoisotopic (exact) mass is 380 g/mol. The Bertz CT molecular complexity index is 532. The van der Waals surface area contributed by atoms with Crippen molar-refractivity contribution >= 4 is 23.4 Å². The summed E-state index contributed by atoms with van der Waals surface area (Å²) in [6, 6.07) is 0. The minimum Gasteiger partial charge on any atom is -0.466 e. The summed E-state index contributed by atoms with van der Waals surface area (Å²) in [4.78, 5) is 23.5. The van der Waals surface area contributed by atoms with E-state index in [4.69, 9.17) is 16.3 Å². The number of rotatable bonds is 13. The number of allylic oxidation sites excluding steroid dienone is 6. The van der Waals surface area contributed by atoms with E-state index in [9.17, 15) is 9.59 Å². The predicted octanol–water partition coefficient (Wildman–Crippen LogP) is 6.27. The second-order valence-electron chi connectivity index (χ2n) is 6.71. The molecule has 1 aliphatic rings. The highest BCUT2D eigenvalue weighted by atomic mass is 35.5. The van der Waals surface area contributed by atoms with Gasteiger partial charge in [-0.3, -0.25) is 9.59 Å². The molecule has 0 spiro atoms. The Hall–Kier alpha value is -1.35. The summed E-state index contributed by atoms with van der Waals surface area (Å²) in [5.41, 5.74) is 0.796. The fraction of sp³-hybridized carbons (Fsp3) is 0.636. The smallest absolute Gasteiger partial charge is 0.305 e. The average molecular weight is 381 g/mol. The average Bonchev–Trinajstić information content (AvgIpc) is 2.88. The van der Waals surface area contributed by atoms with Crippen LogP contribution in [0.5, 0.6) is 0 Å². The number of ketones is 1. The molecular formula is C22H33ClO3. The fourth-order valence-electron chi connectivity index (χ4n) is 3.01. The lowest BCUT2D eigenvalue weighted by Gasteiger charge is -2.05. The summed E-state index contributed by atoms with van der Waals surface area (Å²) in [5, 5.41) is 0.333. The van der Waals surface area contributed by atoms with Gasteiger partial charge in [-0.15, -0.1) is 0 Å². The van der Waals surface area contributed by atoms with E-state index >= 15 is 0 Å². The van der Waals surface area contributed by atoms with Gasteiger partial charge in [0.1, 0.15) is 0 Å². The summed E-state index contributed by atoms with van der Waals surface area (Å²) in [6.07, 6.45) is 18.2. The maximum atomic E-state index is 12.2. The first-order chi connectivity index (χ1) is 12.6. The summed E-state index contributed by atoms with van der Waals surface area (Å²) < 4.78 is 4.91. The molecule has 0 radical (unpaired) electrons. The molecular weight excluding hydrogens is 348 g/mol. The molecule has 0 aromatic carbocycles.